The lowest BCUT2D eigenvalue weighted by Crippen LogP contribution is -2.21. The normalized spacial score (nSPS) is 12.7. The molecule has 10 heteroatoms. The van der Waals surface area contributed by atoms with Crippen molar-refractivity contribution in [2.45, 2.75) is 12.8 Å². The lowest BCUT2D eigenvalue weighted by molar-refractivity contribution is -0.383. The molecule has 0 saturated heterocycles. The Morgan fingerprint density at radius 3 is 2.59 bits per heavy atom. The number of nitrogens with one attached hydrogen (secondary N) is 2. The zero-order chi connectivity index (χ0) is 21.0. The number of hydrogen-bond acceptors (Lipinski definition) is 6. The van der Waals surface area contributed by atoms with E-state index in [4.69, 9.17) is 16.3 Å². The molecule has 29 heavy (non-hydrogen) atoms. The van der Waals surface area contributed by atoms with Crippen LogP contribution < -0.4 is 10.6 Å². The summed E-state index contributed by atoms with van der Waals surface area (Å²) in [5.74, 6) is -1.60. The van der Waals surface area contributed by atoms with Gasteiger partial charge in [-0.05, 0) is 43.2 Å². The maximum absolute atomic E-state index is 12.2. The van der Waals surface area contributed by atoms with Crippen LogP contribution in [0.25, 0.3) is 0 Å². The molecule has 9 nitrogen and oxygen atoms in total. The summed E-state index contributed by atoms with van der Waals surface area (Å²) >= 11 is 5.72. The number of carbonyl (C=O) groups excluding carboxylic acids is 3. The minimum Gasteiger partial charge on any atom is -0.452 e. The Morgan fingerprint density at radius 1 is 1.14 bits per heavy atom. The Kier molecular flexibility index (Phi) is 6.08. The van der Waals surface area contributed by atoms with Gasteiger partial charge in [0.2, 0.25) is 5.91 Å². The molecule has 1 aliphatic rings. The molecule has 0 heterocycles. The molecule has 2 aromatic rings. The minimum atomic E-state index is -0.770. The molecular formula is C19H16ClN3O6. The predicted octanol–water partition coefficient (Wildman–Crippen LogP) is 3.39. The summed E-state index contributed by atoms with van der Waals surface area (Å²) in [6.45, 7) is -0.642. The van der Waals surface area contributed by atoms with Crippen molar-refractivity contribution in [2.75, 3.05) is 17.2 Å². The Labute approximate surface area is 170 Å². The van der Waals surface area contributed by atoms with Crippen LogP contribution in [0.3, 0.4) is 0 Å². The summed E-state index contributed by atoms with van der Waals surface area (Å²) in [6.07, 6.45) is 1.71. The number of rotatable bonds is 7. The fraction of sp³-hybridized carbons (Fsp3) is 0.211. The summed E-state index contributed by atoms with van der Waals surface area (Å²) < 4.78 is 4.95. The highest BCUT2D eigenvalue weighted by atomic mass is 35.5. The van der Waals surface area contributed by atoms with E-state index in [-0.39, 0.29) is 33.8 Å². The van der Waals surface area contributed by atoms with E-state index in [9.17, 15) is 24.5 Å². The number of nitro benzene ring substituents is 1. The lowest BCUT2D eigenvalue weighted by atomic mass is 10.2. The molecule has 0 atom stereocenters. The zero-order valence-corrected chi connectivity index (χ0v) is 15.8. The van der Waals surface area contributed by atoms with Gasteiger partial charge in [0.05, 0.1) is 10.5 Å². The van der Waals surface area contributed by atoms with Crippen molar-refractivity contribution in [2.24, 2.45) is 5.92 Å². The second-order valence-electron chi connectivity index (χ2n) is 6.39. The van der Waals surface area contributed by atoms with Gasteiger partial charge in [-0.3, -0.25) is 19.7 Å². The van der Waals surface area contributed by atoms with E-state index >= 15 is 0 Å². The van der Waals surface area contributed by atoms with Crippen LogP contribution in [0.1, 0.15) is 23.2 Å². The topological polar surface area (TPSA) is 128 Å². The van der Waals surface area contributed by atoms with Crippen LogP contribution in [-0.2, 0) is 14.3 Å². The first-order chi connectivity index (χ1) is 13.8. The van der Waals surface area contributed by atoms with E-state index in [0.717, 1.165) is 18.9 Å². The molecule has 0 aliphatic heterocycles. The smallest absolute Gasteiger partial charge is 0.338 e. The fourth-order valence-corrected chi connectivity index (χ4v) is 2.64. The average molecular weight is 418 g/mol. The van der Waals surface area contributed by atoms with Crippen LogP contribution in [0.4, 0.5) is 17.1 Å². The van der Waals surface area contributed by atoms with Crippen LogP contribution in [0, 0.1) is 16.0 Å². The molecule has 2 aromatic carbocycles. The summed E-state index contributed by atoms with van der Waals surface area (Å²) in [6, 6.07) is 9.93. The minimum absolute atomic E-state index is 0.0197. The van der Waals surface area contributed by atoms with Gasteiger partial charge in [0.25, 0.3) is 11.6 Å². The van der Waals surface area contributed by atoms with E-state index < -0.39 is 23.4 Å². The molecule has 0 radical (unpaired) electrons. The molecule has 0 aromatic heterocycles. The Balaban J connectivity index is 1.57. The predicted molar refractivity (Wildman–Crippen MR) is 105 cm³/mol. The monoisotopic (exact) mass is 417 g/mol. The number of benzene rings is 2. The van der Waals surface area contributed by atoms with Crippen molar-refractivity contribution < 1.29 is 24.0 Å². The first kappa shape index (κ1) is 20.3. The second kappa shape index (κ2) is 8.70. The van der Waals surface area contributed by atoms with Crippen molar-refractivity contribution in [1.82, 2.24) is 0 Å². The molecule has 1 fully saturated rings. The van der Waals surface area contributed by atoms with Gasteiger partial charge in [0.15, 0.2) is 6.61 Å². The molecule has 2 amide bonds. The first-order valence-corrected chi connectivity index (χ1v) is 9.03. The number of nitro groups is 1. The summed E-state index contributed by atoms with van der Waals surface area (Å²) in [5, 5.41) is 16.2. The highest BCUT2D eigenvalue weighted by molar-refractivity contribution is 6.31. The van der Waals surface area contributed by atoms with Gasteiger partial charge in [0, 0.05) is 22.7 Å². The molecule has 1 aliphatic carbocycles. The fourth-order valence-electron chi connectivity index (χ4n) is 2.48. The number of hydrogen-bond donors (Lipinski definition) is 2. The van der Waals surface area contributed by atoms with Crippen molar-refractivity contribution in [3.8, 4) is 0 Å². The third-order valence-corrected chi connectivity index (χ3v) is 4.31. The van der Waals surface area contributed by atoms with Crippen LogP contribution in [0.2, 0.25) is 5.02 Å². The largest absolute Gasteiger partial charge is 0.452 e. The zero-order valence-electron chi connectivity index (χ0n) is 15.0. The van der Waals surface area contributed by atoms with E-state index in [2.05, 4.69) is 10.6 Å². The number of carbonyl (C=O) groups is 3. The molecule has 0 bridgehead atoms. The van der Waals surface area contributed by atoms with E-state index in [0.29, 0.717) is 5.69 Å². The standard InChI is InChI=1S/C19H16ClN3O6/c20-13-6-7-15(16(9-13)23(27)28)22-17(24)10-29-19(26)12-2-1-3-14(8-12)21-18(25)11-4-5-11/h1-3,6-9,11H,4-5,10H2,(H,21,25)(H,22,24). The van der Waals surface area contributed by atoms with Crippen LogP contribution in [0.15, 0.2) is 42.5 Å². The molecule has 150 valence electrons. The van der Waals surface area contributed by atoms with Gasteiger partial charge < -0.3 is 15.4 Å². The number of nitrogens with zero attached hydrogens (tertiary/aromatic N) is 1. The van der Waals surface area contributed by atoms with Crippen LogP contribution in [-0.4, -0.2) is 29.3 Å². The number of esters is 1. The van der Waals surface area contributed by atoms with Crippen molar-refractivity contribution in [3.63, 3.8) is 0 Å². The summed E-state index contributed by atoms with van der Waals surface area (Å²) in [7, 11) is 0. The van der Waals surface area contributed by atoms with Gasteiger partial charge in [-0.2, -0.15) is 0 Å². The van der Waals surface area contributed by atoms with Gasteiger partial charge in [0.1, 0.15) is 5.69 Å². The Hall–Kier alpha value is -3.46. The third kappa shape index (κ3) is 5.52. The highest BCUT2D eigenvalue weighted by Crippen LogP contribution is 2.30. The maximum atomic E-state index is 12.2. The van der Waals surface area contributed by atoms with Crippen molar-refractivity contribution >= 4 is 46.4 Å². The molecule has 3 rings (SSSR count). The van der Waals surface area contributed by atoms with E-state index in [1.807, 2.05) is 0 Å². The van der Waals surface area contributed by atoms with Gasteiger partial charge in [-0.15, -0.1) is 0 Å². The first-order valence-electron chi connectivity index (χ1n) is 8.65. The van der Waals surface area contributed by atoms with Crippen molar-refractivity contribution in [1.29, 1.82) is 0 Å². The van der Waals surface area contributed by atoms with Gasteiger partial charge >= 0.3 is 5.97 Å². The quantitative estimate of drug-likeness (QED) is 0.403. The Bertz CT molecular complexity index is 990. The molecule has 2 N–H and O–H groups in total. The Morgan fingerprint density at radius 2 is 1.90 bits per heavy atom. The van der Waals surface area contributed by atoms with Gasteiger partial charge in [-0.25, -0.2) is 4.79 Å². The molecular weight excluding hydrogens is 402 g/mol. The van der Waals surface area contributed by atoms with Crippen LogP contribution in [0.5, 0.6) is 0 Å². The average Bonchev–Trinajstić information content (AvgIpc) is 3.53. The maximum Gasteiger partial charge on any atom is 0.338 e. The number of halogens is 1. The molecule has 0 unspecified atom stereocenters. The number of amides is 2. The third-order valence-electron chi connectivity index (χ3n) is 4.08. The number of ether oxygens (including phenoxy) is 1. The van der Waals surface area contributed by atoms with Gasteiger partial charge in [-0.1, -0.05) is 17.7 Å². The number of anilines is 2. The highest BCUT2D eigenvalue weighted by Gasteiger charge is 2.29. The summed E-state index contributed by atoms with van der Waals surface area (Å²) in [4.78, 5) is 46.3. The summed E-state index contributed by atoms with van der Waals surface area (Å²) in [5.41, 5.74) is 0.169. The van der Waals surface area contributed by atoms with Crippen molar-refractivity contribution in [3.05, 3.63) is 63.2 Å². The molecule has 1 saturated carbocycles. The lowest BCUT2D eigenvalue weighted by Gasteiger charge is -2.09. The SMILES string of the molecule is O=C(COC(=O)c1cccc(NC(=O)C2CC2)c1)Nc1ccc(Cl)cc1[N+](=O)[O-]. The van der Waals surface area contributed by atoms with E-state index in [1.165, 1.54) is 24.3 Å². The molecule has 0 spiro atoms. The second-order valence-corrected chi connectivity index (χ2v) is 6.82. The van der Waals surface area contributed by atoms with Crippen LogP contribution >= 0.6 is 11.6 Å². The van der Waals surface area contributed by atoms with E-state index in [1.54, 1.807) is 12.1 Å².